The third kappa shape index (κ3) is 2.47. The van der Waals surface area contributed by atoms with E-state index in [2.05, 4.69) is 4.98 Å². The lowest BCUT2D eigenvalue weighted by atomic mass is 10.2. The number of para-hydroxylation sites is 1. The predicted octanol–water partition coefficient (Wildman–Crippen LogP) is 2.72. The maximum absolute atomic E-state index is 12.6. The van der Waals surface area contributed by atoms with E-state index in [1.165, 1.54) is 4.90 Å². The monoisotopic (exact) mass is 230 g/mol. The fraction of sp³-hybridized carbons (Fsp3) is 0.0769. The van der Waals surface area contributed by atoms with Gasteiger partial charge in [-0.1, -0.05) is 24.3 Å². The Kier molecular flexibility index (Phi) is 3.45. The van der Waals surface area contributed by atoms with Gasteiger partial charge in [0.1, 0.15) is 5.82 Å². The van der Waals surface area contributed by atoms with Crippen molar-refractivity contribution in [2.45, 2.75) is 0 Å². The summed E-state index contributed by atoms with van der Waals surface area (Å²) in [4.78, 5) is 17.0. The molecule has 0 fully saturated rings. The van der Waals surface area contributed by atoms with Crippen molar-refractivity contribution in [1.29, 1.82) is 0 Å². The summed E-state index contributed by atoms with van der Waals surface area (Å²) in [6, 6.07) is 14.1. The number of aromatic nitrogens is 1. The molecule has 1 heterocycles. The van der Waals surface area contributed by atoms with E-state index in [-0.39, 0.29) is 0 Å². The third-order valence-electron chi connectivity index (χ3n) is 2.26. The highest BCUT2D eigenvalue weighted by Gasteiger charge is 2.17. The molecule has 4 heteroatoms. The van der Waals surface area contributed by atoms with Crippen LogP contribution in [0.1, 0.15) is 0 Å². The van der Waals surface area contributed by atoms with E-state index < -0.39 is 12.6 Å². The Balaban J connectivity index is 2.43. The Morgan fingerprint density at radius 2 is 1.82 bits per heavy atom. The van der Waals surface area contributed by atoms with Crippen LogP contribution in [0.4, 0.5) is 15.9 Å². The quantitative estimate of drug-likeness (QED) is 0.812. The largest absolute Gasteiger partial charge is 0.271 e. The van der Waals surface area contributed by atoms with Gasteiger partial charge in [-0.25, -0.2) is 9.37 Å². The normalized spacial score (nSPS) is 9.94. The van der Waals surface area contributed by atoms with Gasteiger partial charge in [0, 0.05) is 6.20 Å². The van der Waals surface area contributed by atoms with Gasteiger partial charge in [0.25, 0.3) is 5.91 Å². The van der Waals surface area contributed by atoms with Gasteiger partial charge in [0.2, 0.25) is 0 Å². The van der Waals surface area contributed by atoms with Crippen LogP contribution in [0.15, 0.2) is 54.7 Å². The molecule has 86 valence electrons. The van der Waals surface area contributed by atoms with Gasteiger partial charge in [0.15, 0.2) is 6.67 Å². The van der Waals surface area contributed by atoms with E-state index in [0.717, 1.165) is 0 Å². The minimum absolute atomic E-state index is 0.418. The highest BCUT2D eigenvalue weighted by atomic mass is 19.1. The van der Waals surface area contributed by atoms with Gasteiger partial charge >= 0.3 is 0 Å². The highest BCUT2D eigenvalue weighted by molar-refractivity contribution is 6.00. The summed E-state index contributed by atoms with van der Waals surface area (Å²) in [7, 11) is 0. The van der Waals surface area contributed by atoms with Crippen LogP contribution in [0.5, 0.6) is 0 Å². The third-order valence-corrected chi connectivity index (χ3v) is 2.26. The van der Waals surface area contributed by atoms with E-state index in [1.807, 2.05) is 6.07 Å². The van der Waals surface area contributed by atoms with Crippen LogP contribution < -0.4 is 4.90 Å². The van der Waals surface area contributed by atoms with Gasteiger partial charge in [-0.15, -0.1) is 0 Å². The number of rotatable bonds is 3. The number of amides is 1. The number of alkyl halides is 1. The van der Waals surface area contributed by atoms with Crippen LogP contribution in [-0.2, 0) is 4.79 Å². The summed E-state index contributed by atoms with van der Waals surface area (Å²) in [5, 5.41) is 0. The molecule has 0 aliphatic rings. The highest BCUT2D eigenvalue weighted by Crippen LogP contribution is 2.22. The van der Waals surface area contributed by atoms with Crippen molar-refractivity contribution in [2.75, 3.05) is 11.6 Å². The molecule has 2 aromatic rings. The maximum atomic E-state index is 12.6. The van der Waals surface area contributed by atoms with Crippen LogP contribution in [-0.4, -0.2) is 17.6 Å². The SMILES string of the molecule is O=C(CF)N(c1ccccc1)c1ccccn1. The fourth-order valence-electron chi connectivity index (χ4n) is 1.53. The average Bonchev–Trinajstić information content (AvgIpc) is 2.41. The van der Waals surface area contributed by atoms with Crippen molar-refractivity contribution >= 4 is 17.4 Å². The van der Waals surface area contributed by atoms with E-state index in [1.54, 1.807) is 48.7 Å². The van der Waals surface area contributed by atoms with Crippen molar-refractivity contribution in [3.05, 3.63) is 54.7 Å². The molecule has 0 spiro atoms. The number of nitrogens with zero attached hydrogens (tertiary/aromatic N) is 2. The molecule has 0 saturated carbocycles. The maximum Gasteiger partial charge on any atom is 0.264 e. The second-order valence-electron chi connectivity index (χ2n) is 3.39. The molecule has 0 aliphatic carbocycles. The number of hydrogen-bond donors (Lipinski definition) is 0. The average molecular weight is 230 g/mol. The number of pyridine rings is 1. The van der Waals surface area contributed by atoms with Crippen molar-refractivity contribution < 1.29 is 9.18 Å². The molecule has 17 heavy (non-hydrogen) atoms. The summed E-state index contributed by atoms with van der Waals surface area (Å²) in [5.74, 6) is -0.212. The first kappa shape index (κ1) is 11.3. The lowest BCUT2D eigenvalue weighted by molar-refractivity contribution is -0.118. The Bertz CT molecular complexity index is 448. The van der Waals surface area contributed by atoms with Crippen LogP contribution in [0.2, 0.25) is 0 Å². The van der Waals surface area contributed by atoms with Crippen molar-refractivity contribution in [3.8, 4) is 0 Å². The molecule has 2 rings (SSSR count). The minimum Gasteiger partial charge on any atom is -0.271 e. The number of halogens is 1. The first-order chi connectivity index (χ1) is 8.33. The zero-order valence-corrected chi connectivity index (χ0v) is 9.08. The first-order valence-corrected chi connectivity index (χ1v) is 5.18. The van der Waals surface area contributed by atoms with E-state index in [0.29, 0.717) is 11.5 Å². The lowest BCUT2D eigenvalue weighted by Gasteiger charge is -2.20. The zero-order valence-electron chi connectivity index (χ0n) is 9.08. The Labute approximate surface area is 98.5 Å². The van der Waals surface area contributed by atoms with E-state index in [4.69, 9.17) is 0 Å². The smallest absolute Gasteiger partial charge is 0.264 e. The predicted molar refractivity (Wildman–Crippen MR) is 63.8 cm³/mol. The standard InChI is InChI=1S/C13H11FN2O/c14-10-13(17)16(11-6-2-1-3-7-11)12-8-4-5-9-15-12/h1-9H,10H2. The number of carbonyl (C=O) groups is 1. The molecular formula is C13H11FN2O. The van der Waals surface area contributed by atoms with Gasteiger partial charge in [-0.05, 0) is 24.3 Å². The first-order valence-electron chi connectivity index (χ1n) is 5.18. The number of benzene rings is 1. The van der Waals surface area contributed by atoms with Crippen LogP contribution in [0, 0.1) is 0 Å². The summed E-state index contributed by atoms with van der Waals surface area (Å²) < 4.78 is 12.6. The van der Waals surface area contributed by atoms with Crippen LogP contribution in [0.25, 0.3) is 0 Å². The summed E-state index contributed by atoms with van der Waals surface area (Å²) >= 11 is 0. The Morgan fingerprint density at radius 3 is 2.41 bits per heavy atom. The number of anilines is 2. The van der Waals surface area contributed by atoms with Gasteiger partial charge in [-0.3, -0.25) is 9.69 Å². The Morgan fingerprint density at radius 1 is 1.12 bits per heavy atom. The second-order valence-corrected chi connectivity index (χ2v) is 3.39. The summed E-state index contributed by atoms with van der Waals surface area (Å²) in [6.45, 7) is -1.05. The van der Waals surface area contributed by atoms with Gasteiger partial charge in [-0.2, -0.15) is 0 Å². The molecule has 1 amide bonds. The molecule has 3 nitrogen and oxygen atoms in total. The molecule has 1 aromatic heterocycles. The van der Waals surface area contributed by atoms with Crippen molar-refractivity contribution in [1.82, 2.24) is 4.98 Å². The molecular weight excluding hydrogens is 219 g/mol. The van der Waals surface area contributed by atoms with E-state index >= 15 is 0 Å². The molecule has 0 atom stereocenters. The van der Waals surface area contributed by atoms with Gasteiger partial charge < -0.3 is 0 Å². The fourth-order valence-corrected chi connectivity index (χ4v) is 1.53. The summed E-state index contributed by atoms with van der Waals surface area (Å²) in [5.41, 5.74) is 0.605. The molecule has 0 N–H and O–H groups in total. The molecule has 0 bridgehead atoms. The lowest BCUT2D eigenvalue weighted by Crippen LogP contribution is -2.27. The second kappa shape index (κ2) is 5.21. The molecule has 0 saturated heterocycles. The van der Waals surface area contributed by atoms with Crippen LogP contribution in [0.3, 0.4) is 0 Å². The van der Waals surface area contributed by atoms with Crippen molar-refractivity contribution in [2.24, 2.45) is 0 Å². The van der Waals surface area contributed by atoms with Crippen molar-refractivity contribution in [3.63, 3.8) is 0 Å². The van der Waals surface area contributed by atoms with Crippen LogP contribution >= 0.6 is 0 Å². The Hall–Kier alpha value is -2.23. The molecule has 0 radical (unpaired) electrons. The number of carbonyl (C=O) groups excluding carboxylic acids is 1. The van der Waals surface area contributed by atoms with Gasteiger partial charge in [0.05, 0.1) is 5.69 Å². The molecule has 1 aromatic carbocycles. The zero-order chi connectivity index (χ0) is 12.1. The minimum atomic E-state index is -1.05. The number of hydrogen-bond acceptors (Lipinski definition) is 2. The van der Waals surface area contributed by atoms with E-state index in [9.17, 15) is 9.18 Å². The topological polar surface area (TPSA) is 33.2 Å². The molecule has 0 aliphatic heterocycles. The molecule has 0 unspecified atom stereocenters. The summed E-state index contributed by atoms with van der Waals surface area (Å²) in [6.07, 6.45) is 1.57.